The Bertz CT molecular complexity index is 2060. The lowest BCUT2D eigenvalue weighted by Crippen LogP contribution is -2.60. The molecule has 0 aliphatic carbocycles. The molecule has 10 nitrogen and oxygen atoms in total. The summed E-state index contributed by atoms with van der Waals surface area (Å²) in [5.41, 5.74) is -2.32. The van der Waals surface area contributed by atoms with Gasteiger partial charge in [0.2, 0.25) is 0 Å². The molecule has 0 radical (unpaired) electrons. The Morgan fingerprint density at radius 2 is 1.75 bits per heavy atom. The zero-order chi connectivity index (χ0) is 35.0. The van der Waals surface area contributed by atoms with Crippen LogP contribution in [-0.2, 0) is 22.7 Å². The fraction of sp³-hybridized carbons (Fsp3) is 0.500. The van der Waals surface area contributed by atoms with Crippen molar-refractivity contribution in [3.63, 3.8) is 0 Å². The van der Waals surface area contributed by atoms with Crippen LogP contribution in [0.4, 0.5) is 28.2 Å². The molecule has 4 aromatic rings. The highest BCUT2D eigenvalue weighted by molar-refractivity contribution is 7.99. The molecule has 48 heavy (non-hydrogen) atoms. The summed E-state index contributed by atoms with van der Waals surface area (Å²) in [5, 5.41) is 0.108. The van der Waals surface area contributed by atoms with Crippen LogP contribution >= 0.6 is 23.1 Å². The monoisotopic (exact) mass is 709 g/mol. The summed E-state index contributed by atoms with van der Waals surface area (Å²) in [5.74, 6) is -0.442. The lowest BCUT2D eigenvalue weighted by molar-refractivity contribution is -0.137. The van der Waals surface area contributed by atoms with E-state index in [2.05, 4.69) is 4.98 Å². The smallest absolute Gasteiger partial charge is 0.417 e. The van der Waals surface area contributed by atoms with Crippen molar-refractivity contribution in [2.45, 2.75) is 69.4 Å². The number of anilines is 1. The van der Waals surface area contributed by atoms with E-state index in [0.717, 1.165) is 28.5 Å². The molecule has 2 aliphatic heterocycles. The van der Waals surface area contributed by atoms with Gasteiger partial charge in [-0.05, 0) is 52.8 Å². The van der Waals surface area contributed by atoms with Crippen LogP contribution in [0.3, 0.4) is 0 Å². The highest BCUT2D eigenvalue weighted by atomic mass is 32.2. The molecule has 16 heteroatoms. The molecule has 4 heterocycles. The zero-order valence-electron chi connectivity index (χ0n) is 27.4. The number of rotatable bonds is 4. The van der Waals surface area contributed by atoms with Crippen molar-refractivity contribution in [3.8, 4) is 11.1 Å². The second-order valence-electron chi connectivity index (χ2n) is 13.2. The summed E-state index contributed by atoms with van der Waals surface area (Å²) >= 11 is 1.76. The highest BCUT2D eigenvalue weighted by Gasteiger charge is 2.42. The standard InChI is InChI=1S/C32H35F4N5O5S2/c1-15-11-39(12-16(2)40(15)29(43)46-31(3,4)5)27-19-10-20(32(34,35)36)22(18-8-9-21(33)25-23(18)38(6)30(44)48-25)26-24(19)41(28(42)37-27)17(13-45-7)14-47-26/h8-10,15-17H,11-14H2,1-7H3/t15-,16+,17-/m0/s1. The summed E-state index contributed by atoms with van der Waals surface area (Å²) in [7, 11) is 2.87. The number of methoxy groups -OCH3 is 1. The minimum absolute atomic E-state index is 0.0275. The van der Waals surface area contributed by atoms with Crippen molar-refractivity contribution in [3.05, 3.63) is 49.7 Å². The number of ether oxygens (including phenoxy) is 2. The lowest BCUT2D eigenvalue weighted by Gasteiger charge is -2.45. The number of benzene rings is 2. The van der Waals surface area contributed by atoms with Crippen molar-refractivity contribution < 1.29 is 31.8 Å². The van der Waals surface area contributed by atoms with Crippen molar-refractivity contribution in [1.29, 1.82) is 0 Å². The molecule has 0 N–H and O–H groups in total. The maximum atomic E-state index is 15.2. The third-order valence-electron chi connectivity index (χ3n) is 8.57. The first-order chi connectivity index (χ1) is 22.4. The van der Waals surface area contributed by atoms with Gasteiger partial charge in [0.1, 0.15) is 17.2 Å². The number of piperazine rings is 1. The number of alkyl halides is 3. The van der Waals surface area contributed by atoms with E-state index in [1.54, 1.807) is 44.4 Å². The topological polar surface area (TPSA) is 98.9 Å². The fourth-order valence-corrected chi connectivity index (χ4v) is 8.96. The molecule has 0 bridgehead atoms. The van der Waals surface area contributed by atoms with Gasteiger partial charge in [-0.2, -0.15) is 18.2 Å². The van der Waals surface area contributed by atoms with Gasteiger partial charge in [0, 0.05) is 54.4 Å². The zero-order valence-corrected chi connectivity index (χ0v) is 29.0. The molecule has 2 aromatic heterocycles. The van der Waals surface area contributed by atoms with Gasteiger partial charge in [-0.3, -0.25) is 14.3 Å². The molecular formula is C32H35F4N5O5S2. The van der Waals surface area contributed by atoms with E-state index in [1.807, 2.05) is 0 Å². The first kappa shape index (κ1) is 34.2. The molecule has 0 spiro atoms. The van der Waals surface area contributed by atoms with Gasteiger partial charge >= 0.3 is 22.8 Å². The van der Waals surface area contributed by atoms with E-state index in [9.17, 15) is 18.8 Å². The Morgan fingerprint density at radius 1 is 1.08 bits per heavy atom. The molecule has 2 aromatic carbocycles. The number of carbonyl (C=O) groups is 1. The number of hydrogen-bond donors (Lipinski definition) is 0. The molecule has 1 saturated heterocycles. The number of aromatic nitrogens is 3. The van der Waals surface area contributed by atoms with Crippen LogP contribution in [0.25, 0.3) is 32.2 Å². The molecule has 0 unspecified atom stereocenters. The lowest BCUT2D eigenvalue weighted by atomic mass is 9.95. The minimum Gasteiger partial charge on any atom is -0.444 e. The normalized spacial score (nSPS) is 20.2. The molecule has 1 fully saturated rings. The number of carbonyl (C=O) groups excluding carboxylic acids is 1. The predicted molar refractivity (Wildman–Crippen MR) is 178 cm³/mol. The molecular weight excluding hydrogens is 675 g/mol. The van der Waals surface area contributed by atoms with Gasteiger partial charge in [0.25, 0.3) is 0 Å². The van der Waals surface area contributed by atoms with Gasteiger partial charge in [-0.15, -0.1) is 11.8 Å². The summed E-state index contributed by atoms with van der Waals surface area (Å²) < 4.78 is 74.0. The van der Waals surface area contributed by atoms with Crippen molar-refractivity contribution in [2.24, 2.45) is 7.05 Å². The Labute approximate surface area is 281 Å². The summed E-state index contributed by atoms with van der Waals surface area (Å²) in [6.45, 7) is 9.37. The molecule has 0 saturated carbocycles. The van der Waals surface area contributed by atoms with Crippen molar-refractivity contribution in [2.75, 3.05) is 37.5 Å². The van der Waals surface area contributed by atoms with Crippen LogP contribution in [0.1, 0.15) is 46.2 Å². The molecule has 258 valence electrons. The Balaban J connectivity index is 1.63. The van der Waals surface area contributed by atoms with Gasteiger partial charge in [0.05, 0.1) is 46.0 Å². The molecule has 3 atom stereocenters. The average Bonchev–Trinajstić information content (AvgIpc) is 3.28. The van der Waals surface area contributed by atoms with Crippen molar-refractivity contribution >= 4 is 56.1 Å². The van der Waals surface area contributed by atoms with E-state index in [1.165, 1.54) is 24.8 Å². The van der Waals surface area contributed by atoms with Crippen LogP contribution in [-0.4, -0.2) is 75.4 Å². The Hall–Kier alpha value is -3.63. The average molecular weight is 710 g/mol. The van der Waals surface area contributed by atoms with E-state index in [-0.39, 0.29) is 68.4 Å². The molecule has 1 amide bonds. The Kier molecular flexibility index (Phi) is 8.60. The number of halogens is 4. The van der Waals surface area contributed by atoms with Crippen LogP contribution in [0.15, 0.2) is 32.7 Å². The number of thioether (sulfide) groups is 1. The van der Waals surface area contributed by atoms with Crippen LogP contribution in [0.5, 0.6) is 0 Å². The predicted octanol–water partition coefficient (Wildman–Crippen LogP) is 6.26. The molecule has 6 rings (SSSR count). The Morgan fingerprint density at radius 3 is 2.35 bits per heavy atom. The first-order valence-corrected chi connectivity index (χ1v) is 17.1. The van der Waals surface area contributed by atoms with E-state index in [0.29, 0.717) is 11.3 Å². The second-order valence-corrected chi connectivity index (χ2v) is 15.2. The van der Waals surface area contributed by atoms with Crippen LogP contribution < -0.4 is 15.5 Å². The highest BCUT2D eigenvalue weighted by Crippen LogP contribution is 2.51. The number of fused-ring (bicyclic) bond motifs is 1. The minimum atomic E-state index is -4.88. The van der Waals surface area contributed by atoms with Gasteiger partial charge < -0.3 is 18.9 Å². The van der Waals surface area contributed by atoms with Gasteiger partial charge in [-0.25, -0.2) is 14.0 Å². The van der Waals surface area contributed by atoms with E-state index >= 15 is 13.2 Å². The van der Waals surface area contributed by atoms with Crippen LogP contribution in [0.2, 0.25) is 0 Å². The maximum absolute atomic E-state index is 15.2. The summed E-state index contributed by atoms with van der Waals surface area (Å²) in [6.07, 6.45) is -5.39. The molecule has 2 aliphatic rings. The fourth-order valence-electron chi connectivity index (χ4n) is 6.73. The third-order valence-corrected chi connectivity index (χ3v) is 10.8. The second kappa shape index (κ2) is 12.1. The summed E-state index contributed by atoms with van der Waals surface area (Å²) in [4.78, 5) is 47.0. The quantitative estimate of drug-likeness (QED) is 0.229. The third kappa shape index (κ3) is 5.74. The van der Waals surface area contributed by atoms with E-state index < -0.39 is 57.9 Å². The number of aryl methyl sites for hydroxylation is 1. The van der Waals surface area contributed by atoms with Gasteiger partial charge in [-0.1, -0.05) is 11.3 Å². The maximum Gasteiger partial charge on any atom is 0.417 e. The number of nitrogens with zero attached hydrogens (tertiary/aromatic N) is 5. The summed E-state index contributed by atoms with van der Waals surface area (Å²) in [6, 6.07) is 1.91. The number of hydrogen-bond acceptors (Lipinski definition) is 9. The van der Waals surface area contributed by atoms with Crippen LogP contribution in [0, 0.1) is 5.82 Å². The largest absolute Gasteiger partial charge is 0.444 e. The SMILES string of the molecule is COC[C@H]1CSc2c(-c3ccc(F)c4sc(=O)n(C)c34)c(C(F)(F)F)cc3c(N4C[C@@H](C)N(C(=O)OC(C)(C)C)[C@@H](C)C4)nc(=O)n1c23. The van der Waals surface area contributed by atoms with Crippen molar-refractivity contribution in [1.82, 2.24) is 19.0 Å². The van der Waals surface area contributed by atoms with E-state index in [4.69, 9.17) is 9.47 Å². The number of thiazole rings is 1. The number of amides is 1. The first-order valence-electron chi connectivity index (χ1n) is 15.3. The van der Waals surface area contributed by atoms with Gasteiger partial charge in [0.15, 0.2) is 0 Å².